The van der Waals surface area contributed by atoms with Crippen LogP contribution >= 0.6 is 7.82 Å². The second kappa shape index (κ2) is 54.1. The maximum Gasteiger partial charge on any atom is 0.472 e. The molecule has 10 heteroatoms. The number of phosphoric ester groups is 1. The summed E-state index contributed by atoms with van der Waals surface area (Å²) in [5.41, 5.74) is 0. The van der Waals surface area contributed by atoms with Crippen LogP contribution in [0.4, 0.5) is 0 Å². The summed E-state index contributed by atoms with van der Waals surface area (Å²) in [5.74, 6) is -0.533. The van der Waals surface area contributed by atoms with Crippen molar-refractivity contribution in [3.8, 4) is 0 Å². The van der Waals surface area contributed by atoms with Crippen molar-refractivity contribution in [2.75, 3.05) is 40.9 Å². The standard InChI is InChI=1S/C64H119N2O7P/c1-7-10-13-16-19-22-25-28-30-32-33-34-36-39-42-45-48-51-54-57-64(68)73-62(55-52-49-46-43-40-37-27-24-21-18-15-12-9-3)61(60-72-74(69,70)71-59-58-66(4,5)6)65-63(67)56-53-50-47-44-41-38-35-31-29-26-23-20-17-14-11-8-2/h11,14,20,23,29,31,38,41,52,55,61-62H,7-10,12-13,15-19,21-22,24-28,30,32-37,39-40,42-51,53-54,56-60H2,1-6H3,(H-,65,67,69,70)/p+1/b14-11+,23-20+,31-29+,41-38+,55-52+. The molecule has 0 saturated carbocycles. The van der Waals surface area contributed by atoms with E-state index in [0.717, 1.165) is 83.5 Å². The van der Waals surface area contributed by atoms with Crippen LogP contribution in [0.15, 0.2) is 60.8 Å². The molecule has 0 fully saturated rings. The smallest absolute Gasteiger partial charge is 0.456 e. The lowest BCUT2D eigenvalue weighted by atomic mass is 10.0. The monoisotopic (exact) mass is 1060 g/mol. The lowest BCUT2D eigenvalue weighted by molar-refractivity contribution is -0.870. The summed E-state index contributed by atoms with van der Waals surface area (Å²) in [7, 11) is 1.48. The fourth-order valence-electron chi connectivity index (χ4n) is 8.93. The Labute approximate surface area is 458 Å². The molecule has 74 heavy (non-hydrogen) atoms. The highest BCUT2D eigenvalue weighted by molar-refractivity contribution is 7.47. The average molecular weight is 1060 g/mol. The Morgan fingerprint density at radius 3 is 1.31 bits per heavy atom. The van der Waals surface area contributed by atoms with Crippen LogP contribution < -0.4 is 5.32 Å². The number of amides is 1. The number of hydrogen-bond acceptors (Lipinski definition) is 6. The Hall–Kier alpha value is -2.29. The highest BCUT2D eigenvalue weighted by Gasteiger charge is 2.30. The summed E-state index contributed by atoms with van der Waals surface area (Å²) in [6.07, 6.45) is 67.9. The summed E-state index contributed by atoms with van der Waals surface area (Å²) in [6, 6.07) is -0.864. The van der Waals surface area contributed by atoms with Crippen LogP contribution in [0.1, 0.15) is 284 Å². The van der Waals surface area contributed by atoms with Crippen molar-refractivity contribution in [3.05, 3.63) is 60.8 Å². The number of likely N-dealkylation sites (N-methyl/N-ethyl adjacent to an activating group) is 1. The number of unbranched alkanes of at least 4 members (excludes halogenated alkanes) is 32. The zero-order chi connectivity index (χ0) is 54.3. The van der Waals surface area contributed by atoms with E-state index < -0.39 is 20.0 Å². The Balaban J connectivity index is 5.31. The number of nitrogens with one attached hydrogen (secondary N) is 1. The van der Waals surface area contributed by atoms with Crippen LogP contribution in [0, 0.1) is 0 Å². The number of rotatable bonds is 56. The van der Waals surface area contributed by atoms with Gasteiger partial charge in [0.25, 0.3) is 0 Å². The summed E-state index contributed by atoms with van der Waals surface area (Å²) >= 11 is 0. The molecule has 0 bridgehead atoms. The minimum absolute atomic E-state index is 0.0337. The number of esters is 1. The van der Waals surface area contributed by atoms with Crippen molar-refractivity contribution >= 4 is 19.7 Å². The Morgan fingerprint density at radius 2 is 0.865 bits per heavy atom. The van der Waals surface area contributed by atoms with E-state index in [2.05, 4.69) is 74.7 Å². The third-order valence-electron chi connectivity index (χ3n) is 13.7. The molecule has 0 radical (unpaired) electrons. The van der Waals surface area contributed by atoms with E-state index in [-0.39, 0.29) is 31.5 Å². The van der Waals surface area contributed by atoms with Crippen molar-refractivity contribution in [2.24, 2.45) is 0 Å². The summed E-state index contributed by atoms with van der Waals surface area (Å²) < 4.78 is 30.7. The molecule has 1 amide bonds. The third kappa shape index (κ3) is 54.5. The quantitative estimate of drug-likeness (QED) is 0.0205. The number of quaternary nitrogens is 1. The van der Waals surface area contributed by atoms with Gasteiger partial charge >= 0.3 is 13.8 Å². The molecule has 432 valence electrons. The SMILES string of the molecule is CC/C=C/C/C=C/C/C=C/C/C=C/CCCCCC(=O)NC(COP(=O)(O)OCC[N+](C)(C)C)C(/C=C/CCCCCCCCCCCCC)OC(=O)CCCCCCCCCCCCCCCCCCCCC. The number of carbonyl (C=O) groups is 2. The molecule has 0 aliphatic heterocycles. The van der Waals surface area contributed by atoms with Gasteiger partial charge in [0.1, 0.15) is 19.3 Å². The van der Waals surface area contributed by atoms with Crippen LogP contribution in [0.2, 0.25) is 0 Å². The molecule has 0 spiro atoms. The third-order valence-corrected chi connectivity index (χ3v) is 14.7. The van der Waals surface area contributed by atoms with Gasteiger partial charge in [-0.2, -0.15) is 0 Å². The number of nitrogens with zero attached hydrogens (tertiary/aromatic N) is 1. The lowest BCUT2D eigenvalue weighted by Gasteiger charge is -2.27. The van der Waals surface area contributed by atoms with Crippen LogP contribution in [0.25, 0.3) is 0 Å². The fourth-order valence-corrected chi connectivity index (χ4v) is 9.67. The van der Waals surface area contributed by atoms with Gasteiger partial charge in [-0.05, 0) is 70.3 Å². The van der Waals surface area contributed by atoms with Gasteiger partial charge < -0.3 is 19.4 Å². The molecule has 3 atom stereocenters. The van der Waals surface area contributed by atoms with E-state index in [9.17, 15) is 19.0 Å². The first-order valence-corrected chi connectivity index (χ1v) is 32.6. The van der Waals surface area contributed by atoms with Crippen molar-refractivity contribution in [1.82, 2.24) is 5.32 Å². The van der Waals surface area contributed by atoms with Gasteiger partial charge in [0, 0.05) is 12.8 Å². The molecule has 2 N–H and O–H groups in total. The first-order chi connectivity index (χ1) is 35.9. The van der Waals surface area contributed by atoms with Gasteiger partial charge in [0.15, 0.2) is 0 Å². The molecule has 0 heterocycles. The van der Waals surface area contributed by atoms with Gasteiger partial charge in [-0.3, -0.25) is 18.6 Å². The zero-order valence-corrected chi connectivity index (χ0v) is 50.2. The Morgan fingerprint density at radius 1 is 0.486 bits per heavy atom. The largest absolute Gasteiger partial charge is 0.472 e. The molecule has 0 saturated heterocycles. The molecule has 0 aromatic carbocycles. The van der Waals surface area contributed by atoms with Crippen molar-refractivity contribution in [3.63, 3.8) is 0 Å². The van der Waals surface area contributed by atoms with Gasteiger partial charge in [0.2, 0.25) is 5.91 Å². The summed E-state index contributed by atoms with van der Waals surface area (Å²) in [4.78, 5) is 37.7. The van der Waals surface area contributed by atoms with Gasteiger partial charge in [0.05, 0.1) is 33.8 Å². The second-order valence-corrected chi connectivity index (χ2v) is 23.7. The molecule has 9 nitrogen and oxygen atoms in total. The summed E-state index contributed by atoms with van der Waals surface area (Å²) in [6.45, 7) is 6.90. The van der Waals surface area contributed by atoms with E-state index in [4.69, 9.17) is 13.8 Å². The minimum Gasteiger partial charge on any atom is -0.456 e. The Bertz CT molecular complexity index is 1450. The highest BCUT2D eigenvalue weighted by atomic mass is 31.2. The Kier molecular flexibility index (Phi) is 52.4. The maximum absolute atomic E-state index is 13.5. The van der Waals surface area contributed by atoms with Crippen LogP contribution in [0.5, 0.6) is 0 Å². The predicted octanol–water partition coefficient (Wildman–Crippen LogP) is 19.1. The molecular weight excluding hydrogens is 940 g/mol. The second-order valence-electron chi connectivity index (χ2n) is 22.2. The van der Waals surface area contributed by atoms with Crippen molar-refractivity contribution in [1.29, 1.82) is 0 Å². The first-order valence-electron chi connectivity index (χ1n) is 31.1. The molecule has 0 aliphatic rings. The summed E-state index contributed by atoms with van der Waals surface area (Å²) in [5, 5.41) is 3.04. The van der Waals surface area contributed by atoms with Crippen molar-refractivity contribution < 1.29 is 37.3 Å². The molecule has 0 rings (SSSR count). The van der Waals surface area contributed by atoms with Crippen LogP contribution in [-0.2, 0) is 27.9 Å². The minimum atomic E-state index is -4.46. The lowest BCUT2D eigenvalue weighted by Crippen LogP contribution is -2.47. The fraction of sp³-hybridized carbons (Fsp3) is 0.812. The molecule has 0 aromatic heterocycles. The number of phosphoric acid groups is 1. The molecule has 0 aliphatic carbocycles. The first kappa shape index (κ1) is 71.7. The van der Waals surface area contributed by atoms with E-state index in [1.165, 1.54) is 161 Å². The van der Waals surface area contributed by atoms with E-state index in [0.29, 0.717) is 23.9 Å². The number of ether oxygens (including phenoxy) is 1. The van der Waals surface area contributed by atoms with Gasteiger partial charge in [-0.15, -0.1) is 0 Å². The molecule has 3 unspecified atom stereocenters. The van der Waals surface area contributed by atoms with Crippen LogP contribution in [-0.4, -0.2) is 74.3 Å². The number of carbonyl (C=O) groups excluding carboxylic acids is 2. The van der Waals surface area contributed by atoms with Gasteiger partial charge in [-0.25, -0.2) is 4.57 Å². The van der Waals surface area contributed by atoms with E-state index in [1.54, 1.807) is 0 Å². The van der Waals surface area contributed by atoms with Gasteiger partial charge in [-0.1, -0.05) is 262 Å². The van der Waals surface area contributed by atoms with E-state index in [1.807, 2.05) is 33.3 Å². The highest BCUT2D eigenvalue weighted by Crippen LogP contribution is 2.43. The topological polar surface area (TPSA) is 111 Å². The normalized spacial score (nSPS) is 14.1. The van der Waals surface area contributed by atoms with E-state index >= 15 is 0 Å². The molecule has 0 aromatic rings. The maximum atomic E-state index is 13.5. The predicted molar refractivity (Wildman–Crippen MR) is 318 cm³/mol. The van der Waals surface area contributed by atoms with Crippen LogP contribution in [0.3, 0.4) is 0 Å². The number of hydrogen-bond donors (Lipinski definition) is 2. The average Bonchev–Trinajstić information content (AvgIpc) is 3.36. The number of allylic oxidation sites excluding steroid dienone is 9. The van der Waals surface area contributed by atoms with Crippen molar-refractivity contribution in [2.45, 2.75) is 296 Å². The zero-order valence-electron chi connectivity index (χ0n) is 49.3. The molecular formula is C64H120N2O7P+.